The Morgan fingerprint density at radius 3 is 2.79 bits per heavy atom. The van der Waals surface area contributed by atoms with Crippen LogP contribution < -0.4 is 4.90 Å². The maximum Gasteiger partial charge on any atom is 0.0984 e. The number of para-hydroxylation sites is 1. The molecule has 1 aliphatic rings. The summed E-state index contributed by atoms with van der Waals surface area (Å²) in [5, 5.41) is 19.4. The molecule has 0 amide bonds. The Hall–Kier alpha value is -1.10. The van der Waals surface area contributed by atoms with Gasteiger partial charge in [-0.25, -0.2) is 0 Å². The van der Waals surface area contributed by atoms with Crippen molar-refractivity contribution in [1.82, 2.24) is 0 Å². The van der Waals surface area contributed by atoms with E-state index in [4.69, 9.17) is 4.74 Å². The summed E-state index contributed by atoms with van der Waals surface area (Å²) in [6.45, 7) is 5.45. The first kappa shape index (κ1) is 14.3. The number of benzene rings is 1. The first-order valence-electron chi connectivity index (χ1n) is 6.94. The van der Waals surface area contributed by atoms with E-state index in [2.05, 4.69) is 4.90 Å². The summed E-state index contributed by atoms with van der Waals surface area (Å²) < 4.78 is 5.66. The third-order valence-corrected chi connectivity index (χ3v) is 3.55. The Labute approximate surface area is 114 Å². The smallest absolute Gasteiger partial charge is 0.0984 e. The third-order valence-electron chi connectivity index (χ3n) is 3.55. The summed E-state index contributed by atoms with van der Waals surface area (Å²) in [4.78, 5) is 2.20. The topological polar surface area (TPSA) is 52.9 Å². The SMILES string of the molecule is CC[C@H](O)c1ccccc1N1CC(C)OC(CO)C1. The van der Waals surface area contributed by atoms with Crippen LogP contribution in [0.4, 0.5) is 5.69 Å². The first-order valence-corrected chi connectivity index (χ1v) is 6.94. The fraction of sp³-hybridized carbons (Fsp3) is 0.600. The van der Waals surface area contributed by atoms with Gasteiger partial charge in [-0.15, -0.1) is 0 Å². The maximum atomic E-state index is 10.1. The molecule has 1 aromatic rings. The predicted octanol–water partition coefficient (Wildman–Crippen LogP) is 1.72. The lowest BCUT2D eigenvalue weighted by Crippen LogP contribution is -2.48. The largest absolute Gasteiger partial charge is 0.394 e. The van der Waals surface area contributed by atoms with Crippen LogP contribution in [0, 0.1) is 0 Å². The van der Waals surface area contributed by atoms with Gasteiger partial charge in [-0.1, -0.05) is 25.1 Å². The number of nitrogens with zero attached hydrogens (tertiary/aromatic N) is 1. The van der Waals surface area contributed by atoms with E-state index in [-0.39, 0.29) is 18.8 Å². The molecule has 4 nitrogen and oxygen atoms in total. The molecule has 2 rings (SSSR count). The van der Waals surface area contributed by atoms with Crippen LogP contribution in [-0.2, 0) is 4.74 Å². The molecule has 0 aromatic heterocycles. The molecular weight excluding hydrogens is 242 g/mol. The van der Waals surface area contributed by atoms with Gasteiger partial charge in [0.05, 0.1) is 24.9 Å². The predicted molar refractivity (Wildman–Crippen MR) is 75.3 cm³/mol. The molecule has 1 saturated heterocycles. The molecule has 0 aliphatic carbocycles. The Kier molecular flexibility index (Phi) is 4.80. The van der Waals surface area contributed by atoms with Crippen molar-refractivity contribution in [1.29, 1.82) is 0 Å². The second-order valence-electron chi connectivity index (χ2n) is 5.14. The van der Waals surface area contributed by atoms with Gasteiger partial charge in [0.25, 0.3) is 0 Å². The molecule has 106 valence electrons. The zero-order valence-electron chi connectivity index (χ0n) is 11.6. The van der Waals surface area contributed by atoms with Gasteiger partial charge in [0, 0.05) is 24.3 Å². The van der Waals surface area contributed by atoms with E-state index >= 15 is 0 Å². The minimum absolute atomic E-state index is 0.0271. The number of aliphatic hydroxyl groups excluding tert-OH is 2. The van der Waals surface area contributed by atoms with E-state index in [1.165, 1.54) is 0 Å². The summed E-state index contributed by atoms with van der Waals surface area (Å²) in [6.07, 6.45) is 0.176. The molecule has 1 aromatic carbocycles. The van der Waals surface area contributed by atoms with E-state index in [9.17, 15) is 10.2 Å². The summed E-state index contributed by atoms with van der Waals surface area (Å²) in [5.41, 5.74) is 2.00. The van der Waals surface area contributed by atoms with Gasteiger partial charge in [0.15, 0.2) is 0 Å². The molecule has 2 unspecified atom stereocenters. The highest BCUT2D eigenvalue weighted by molar-refractivity contribution is 5.55. The van der Waals surface area contributed by atoms with Gasteiger partial charge in [-0.05, 0) is 19.4 Å². The van der Waals surface area contributed by atoms with Crippen molar-refractivity contribution in [3.05, 3.63) is 29.8 Å². The van der Waals surface area contributed by atoms with Crippen molar-refractivity contribution in [3.63, 3.8) is 0 Å². The van der Waals surface area contributed by atoms with Crippen LogP contribution in [0.5, 0.6) is 0 Å². The first-order chi connectivity index (χ1) is 9.15. The summed E-state index contributed by atoms with van der Waals surface area (Å²) in [6, 6.07) is 7.93. The van der Waals surface area contributed by atoms with Crippen molar-refractivity contribution in [2.24, 2.45) is 0 Å². The second-order valence-corrected chi connectivity index (χ2v) is 5.14. The van der Waals surface area contributed by atoms with Gasteiger partial charge in [-0.2, -0.15) is 0 Å². The number of hydrogen-bond acceptors (Lipinski definition) is 4. The van der Waals surface area contributed by atoms with Crippen molar-refractivity contribution in [3.8, 4) is 0 Å². The molecule has 0 spiro atoms. The van der Waals surface area contributed by atoms with Crippen LogP contribution in [0.2, 0.25) is 0 Å². The fourth-order valence-corrected chi connectivity index (χ4v) is 2.62. The lowest BCUT2D eigenvalue weighted by molar-refractivity contribution is -0.0422. The van der Waals surface area contributed by atoms with Crippen molar-refractivity contribution in [2.45, 2.75) is 38.6 Å². The summed E-state index contributed by atoms with van der Waals surface area (Å²) in [7, 11) is 0. The van der Waals surface area contributed by atoms with Crippen LogP contribution in [0.3, 0.4) is 0 Å². The number of morpholine rings is 1. The average molecular weight is 265 g/mol. The Balaban J connectivity index is 2.25. The van der Waals surface area contributed by atoms with Crippen LogP contribution in [-0.4, -0.2) is 42.1 Å². The van der Waals surface area contributed by atoms with Gasteiger partial charge < -0.3 is 19.8 Å². The Morgan fingerprint density at radius 2 is 2.11 bits per heavy atom. The highest BCUT2D eigenvalue weighted by atomic mass is 16.5. The van der Waals surface area contributed by atoms with Crippen LogP contribution >= 0.6 is 0 Å². The van der Waals surface area contributed by atoms with Gasteiger partial charge >= 0.3 is 0 Å². The molecule has 3 atom stereocenters. The summed E-state index contributed by atoms with van der Waals surface area (Å²) >= 11 is 0. The third kappa shape index (κ3) is 3.26. The molecule has 2 N–H and O–H groups in total. The molecule has 1 heterocycles. The van der Waals surface area contributed by atoms with E-state index < -0.39 is 6.10 Å². The second kappa shape index (κ2) is 6.37. The maximum absolute atomic E-state index is 10.1. The van der Waals surface area contributed by atoms with Crippen molar-refractivity contribution in [2.75, 3.05) is 24.6 Å². The van der Waals surface area contributed by atoms with Crippen molar-refractivity contribution >= 4 is 5.69 Å². The minimum Gasteiger partial charge on any atom is -0.394 e. The monoisotopic (exact) mass is 265 g/mol. The lowest BCUT2D eigenvalue weighted by Gasteiger charge is -2.38. The molecule has 0 saturated carbocycles. The number of hydrogen-bond donors (Lipinski definition) is 2. The van der Waals surface area contributed by atoms with Crippen LogP contribution in [0.1, 0.15) is 31.9 Å². The molecule has 0 bridgehead atoms. The lowest BCUT2D eigenvalue weighted by atomic mass is 10.0. The van der Waals surface area contributed by atoms with E-state index in [1.807, 2.05) is 38.1 Å². The van der Waals surface area contributed by atoms with E-state index in [0.29, 0.717) is 13.0 Å². The Morgan fingerprint density at radius 1 is 1.37 bits per heavy atom. The van der Waals surface area contributed by atoms with E-state index in [1.54, 1.807) is 0 Å². The normalized spacial score (nSPS) is 25.4. The highest BCUT2D eigenvalue weighted by Gasteiger charge is 2.26. The minimum atomic E-state index is -0.443. The average Bonchev–Trinajstić information content (AvgIpc) is 2.45. The zero-order chi connectivity index (χ0) is 13.8. The standard InChI is InChI=1S/C15H23NO3/c1-3-15(18)13-6-4-5-7-14(13)16-8-11(2)19-12(9-16)10-17/h4-7,11-12,15,17-18H,3,8-10H2,1-2H3/t11?,12?,15-/m0/s1. The molecule has 0 radical (unpaired) electrons. The van der Waals surface area contributed by atoms with Crippen LogP contribution in [0.25, 0.3) is 0 Å². The number of aliphatic hydroxyl groups is 2. The van der Waals surface area contributed by atoms with Gasteiger partial charge in [0.1, 0.15) is 0 Å². The number of anilines is 1. The number of rotatable bonds is 4. The molecule has 19 heavy (non-hydrogen) atoms. The molecule has 4 heteroatoms. The zero-order valence-corrected chi connectivity index (χ0v) is 11.6. The highest BCUT2D eigenvalue weighted by Crippen LogP contribution is 2.30. The fourth-order valence-electron chi connectivity index (χ4n) is 2.62. The van der Waals surface area contributed by atoms with Crippen molar-refractivity contribution < 1.29 is 14.9 Å². The Bertz CT molecular complexity index is 410. The molecule has 1 fully saturated rings. The quantitative estimate of drug-likeness (QED) is 0.870. The molecular formula is C15H23NO3. The van der Waals surface area contributed by atoms with Gasteiger partial charge in [-0.3, -0.25) is 0 Å². The van der Waals surface area contributed by atoms with E-state index in [0.717, 1.165) is 17.8 Å². The van der Waals surface area contributed by atoms with Crippen LogP contribution in [0.15, 0.2) is 24.3 Å². The van der Waals surface area contributed by atoms with Gasteiger partial charge in [0.2, 0.25) is 0 Å². The molecule has 1 aliphatic heterocycles. The summed E-state index contributed by atoms with van der Waals surface area (Å²) in [5.74, 6) is 0. The number of ether oxygens (including phenoxy) is 1.